The first-order valence-corrected chi connectivity index (χ1v) is 11.7. The highest BCUT2D eigenvalue weighted by molar-refractivity contribution is 6.30. The molecule has 4 rings (SSSR count). The number of rotatable bonds is 6. The molecule has 2 aromatic heterocycles. The van der Waals surface area contributed by atoms with E-state index >= 15 is 0 Å². The molecule has 1 aliphatic rings. The minimum absolute atomic E-state index is 0. The Balaban J connectivity index is 0.00000228. The first-order valence-electron chi connectivity index (χ1n) is 11.4. The summed E-state index contributed by atoms with van der Waals surface area (Å²) in [6.45, 7) is 0. The predicted molar refractivity (Wildman–Crippen MR) is 150 cm³/mol. The maximum atomic E-state index is 13.2. The van der Waals surface area contributed by atoms with Crippen LogP contribution in [0, 0.1) is 5.92 Å². The number of nitrogens with one attached hydrogen (secondary N) is 2. The van der Waals surface area contributed by atoms with Crippen LogP contribution in [0.25, 0.3) is 11.0 Å². The van der Waals surface area contributed by atoms with Crippen LogP contribution >= 0.6 is 36.4 Å². The van der Waals surface area contributed by atoms with Crippen LogP contribution in [0.5, 0.6) is 0 Å². The Morgan fingerprint density at radius 2 is 1.69 bits per heavy atom. The van der Waals surface area contributed by atoms with Gasteiger partial charge in [0.15, 0.2) is 0 Å². The van der Waals surface area contributed by atoms with E-state index in [2.05, 4.69) is 34.6 Å². The van der Waals surface area contributed by atoms with E-state index in [4.69, 9.17) is 16.0 Å². The largest absolute Gasteiger partial charge is 0.449 e. The van der Waals surface area contributed by atoms with Crippen LogP contribution in [-0.4, -0.2) is 55.9 Å². The number of hydrogen-bond donors (Lipinski definition) is 2. The van der Waals surface area contributed by atoms with Crippen molar-refractivity contribution in [2.75, 3.05) is 43.7 Å². The Labute approximate surface area is 228 Å². The quantitative estimate of drug-likeness (QED) is 0.405. The van der Waals surface area contributed by atoms with Crippen molar-refractivity contribution >= 4 is 76.4 Å². The highest BCUT2D eigenvalue weighted by Gasteiger charge is 2.30. The predicted octanol–water partition coefficient (Wildman–Crippen LogP) is 5.70. The van der Waals surface area contributed by atoms with Crippen molar-refractivity contribution in [1.29, 1.82) is 0 Å². The lowest BCUT2D eigenvalue weighted by atomic mass is 9.85. The number of fused-ring (bicyclic) bond motifs is 1. The number of aromatic nitrogens is 1. The number of anilines is 3. The summed E-state index contributed by atoms with van der Waals surface area (Å²) in [5.41, 5.74) is 1.83. The van der Waals surface area contributed by atoms with Crippen LogP contribution in [0.4, 0.5) is 17.2 Å². The maximum absolute atomic E-state index is 13.2. The van der Waals surface area contributed by atoms with Gasteiger partial charge in [0.05, 0.1) is 5.02 Å². The van der Waals surface area contributed by atoms with Crippen molar-refractivity contribution in [3.63, 3.8) is 0 Å². The zero-order valence-corrected chi connectivity index (χ0v) is 23.1. The van der Waals surface area contributed by atoms with Crippen molar-refractivity contribution in [1.82, 2.24) is 9.88 Å². The average Bonchev–Trinajstić information content (AvgIpc) is 3.18. The molecule has 0 atom stereocenters. The van der Waals surface area contributed by atoms with Gasteiger partial charge >= 0.3 is 0 Å². The molecule has 196 valence electrons. The van der Waals surface area contributed by atoms with Crippen molar-refractivity contribution in [3.8, 4) is 0 Å². The van der Waals surface area contributed by atoms with Gasteiger partial charge in [-0.05, 0) is 70.1 Å². The lowest BCUT2D eigenvalue weighted by molar-refractivity contribution is -0.121. The van der Waals surface area contributed by atoms with Crippen LogP contribution in [0.15, 0.2) is 40.9 Å². The minimum atomic E-state index is -0.496. The van der Waals surface area contributed by atoms with Gasteiger partial charge < -0.3 is 24.9 Å². The third-order valence-electron chi connectivity index (χ3n) is 6.41. The fraction of sp³-hybridized carbons (Fsp3) is 0.400. The summed E-state index contributed by atoms with van der Waals surface area (Å²) >= 11 is 5.89. The van der Waals surface area contributed by atoms with E-state index in [1.807, 2.05) is 31.1 Å². The Morgan fingerprint density at radius 1 is 1.00 bits per heavy atom. The molecule has 1 fully saturated rings. The molecular weight excluding hydrogens is 525 g/mol. The number of carbonyl (C=O) groups excluding carboxylic acids is 2. The topological polar surface area (TPSA) is 90.7 Å². The van der Waals surface area contributed by atoms with E-state index in [1.54, 1.807) is 18.2 Å². The Hall–Kier alpha value is -2.52. The van der Waals surface area contributed by atoms with Gasteiger partial charge in [-0.15, -0.1) is 24.8 Å². The van der Waals surface area contributed by atoms with E-state index in [0.717, 1.165) is 31.4 Å². The lowest BCUT2D eigenvalue weighted by Gasteiger charge is -2.31. The first-order chi connectivity index (χ1) is 16.2. The summed E-state index contributed by atoms with van der Waals surface area (Å²) in [5, 5.41) is 6.89. The van der Waals surface area contributed by atoms with Crippen LogP contribution in [0.3, 0.4) is 0 Å². The maximum Gasteiger partial charge on any atom is 0.294 e. The molecule has 3 aromatic rings. The lowest BCUT2D eigenvalue weighted by Crippen LogP contribution is -2.35. The normalized spacial score (nSPS) is 17.2. The molecule has 11 heteroatoms. The first kappa shape index (κ1) is 29.7. The van der Waals surface area contributed by atoms with E-state index in [9.17, 15) is 9.59 Å². The minimum Gasteiger partial charge on any atom is -0.449 e. The molecule has 1 aliphatic carbocycles. The second-order valence-corrected chi connectivity index (χ2v) is 9.59. The number of furan rings is 1. The van der Waals surface area contributed by atoms with Gasteiger partial charge in [0.1, 0.15) is 17.1 Å². The van der Waals surface area contributed by atoms with E-state index in [1.165, 1.54) is 6.20 Å². The number of pyridine rings is 1. The zero-order chi connectivity index (χ0) is 24.4. The van der Waals surface area contributed by atoms with E-state index < -0.39 is 5.91 Å². The van der Waals surface area contributed by atoms with Crippen LogP contribution < -0.4 is 15.5 Å². The molecule has 8 nitrogen and oxygen atoms in total. The van der Waals surface area contributed by atoms with Gasteiger partial charge in [0.25, 0.3) is 5.91 Å². The van der Waals surface area contributed by atoms with Gasteiger partial charge in [-0.25, -0.2) is 4.98 Å². The molecular formula is C25H32Cl3N5O3. The fourth-order valence-electron chi connectivity index (χ4n) is 4.35. The molecule has 36 heavy (non-hydrogen) atoms. The number of amides is 2. The number of halogens is 3. The molecule has 0 saturated heterocycles. The van der Waals surface area contributed by atoms with Gasteiger partial charge in [-0.1, -0.05) is 11.6 Å². The van der Waals surface area contributed by atoms with Crippen LogP contribution in [-0.2, 0) is 4.79 Å². The van der Waals surface area contributed by atoms with Gasteiger partial charge in [-0.2, -0.15) is 0 Å². The monoisotopic (exact) mass is 555 g/mol. The Bertz CT molecular complexity index is 1190. The molecule has 0 radical (unpaired) electrons. The molecule has 2 amide bonds. The summed E-state index contributed by atoms with van der Waals surface area (Å²) < 4.78 is 5.92. The number of carbonyl (C=O) groups is 2. The molecule has 1 saturated carbocycles. The van der Waals surface area contributed by atoms with Gasteiger partial charge in [0, 0.05) is 43.3 Å². The Kier molecular flexibility index (Phi) is 10.4. The van der Waals surface area contributed by atoms with Crippen molar-refractivity contribution in [2.45, 2.75) is 31.7 Å². The molecule has 1 aromatic carbocycles. The second kappa shape index (κ2) is 12.6. The number of hydrogen-bond acceptors (Lipinski definition) is 6. The van der Waals surface area contributed by atoms with Crippen molar-refractivity contribution in [2.24, 2.45) is 5.92 Å². The molecule has 0 aliphatic heterocycles. The second-order valence-electron chi connectivity index (χ2n) is 9.16. The summed E-state index contributed by atoms with van der Waals surface area (Å²) in [7, 11) is 8.02. The van der Waals surface area contributed by atoms with Gasteiger partial charge in [0.2, 0.25) is 11.7 Å². The third kappa shape index (κ3) is 6.62. The summed E-state index contributed by atoms with van der Waals surface area (Å²) in [5.74, 6) is -0.314. The highest BCUT2D eigenvalue weighted by Crippen LogP contribution is 2.35. The molecule has 0 unspecified atom stereocenters. The number of benzene rings is 1. The van der Waals surface area contributed by atoms with Crippen molar-refractivity contribution in [3.05, 3.63) is 47.3 Å². The highest BCUT2D eigenvalue weighted by atomic mass is 35.5. The smallest absolute Gasteiger partial charge is 0.294 e. The van der Waals surface area contributed by atoms with E-state index in [-0.39, 0.29) is 42.4 Å². The van der Waals surface area contributed by atoms with Crippen molar-refractivity contribution < 1.29 is 14.0 Å². The van der Waals surface area contributed by atoms with Gasteiger partial charge in [-0.3, -0.25) is 9.59 Å². The number of nitrogens with zero attached hydrogens (tertiary/aromatic N) is 3. The third-order valence-corrected chi connectivity index (χ3v) is 6.63. The summed E-state index contributed by atoms with van der Waals surface area (Å²) in [4.78, 5) is 34.7. The SMILES string of the molecule is CN(C)c1ccc2oc(C(=O)Nc3ccc(Cl)cn3)c(NC(=O)[C@H]3CC[C@H](N(C)C)CC3)c2c1.Cl.Cl. The zero-order valence-electron chi connectivity index (χ0n) is 20.7. The van der Waals surface area contributed by atoms with Crippen LogP contribution in [0.2, 0.25) is 5.02 Å². The van der Waals surface area contributed by atoms with Crippen LogP contribution in [0.1, 0.15) is 36.2 Å². The average molecular weight is 557 g/mol. The fourth-order valence-corrected chi connectivity index (χ4v) is 4.46. The molecule has 2 N–H and O–H groups in total. The standard InChI is InChI=1S/C25H30ClN5O3.2ClH/c1-30(2)17-8-5-15(6-9-17)24(32)29-22-19-13-18(31(3)4)10-11-20(19)34-23(22)25(33)28-21-12-7-16(26)14-27-21;;/h7,10-15,17H,5-6,8-9H2,1-4H3,(H,29,32)(H,27,28,33);2*1H/t15-,17-;;. The summed E-state index contributed by atoms with van der Waals surface area (Å²) in [6, 6.07) is 9.36. The molecule has 0 bridgehead atoms. The van der Waals surface area contributed by atoms with E-state index in [0.29, 0.717) is 33.5 Å². The molecule has 2 heterocycles. The molecule has 0 spiro atoms. The summed E-state index contributed by atoms with van der Waals surface area (Å²) in [6.07, 6.45) is 5.01. The Morgan fingerprint density at radius 3 is 2.28 bits per heavy atom.